The van der Waals surface area contributed by atoms with Gasteiger partial charge in [0.05, 0.1) is 23.3 Å². The number of hydrogen-bond acceptors (Lipinski definition) is 5. The van der Waals surface area contributed by atoms with Crippen molar-refractivity contribution in [1.29, 1.82) is 5.26 Å². The molecule has 5 heteroatoms. The number of ether oxygens (including phenoxy) is 2. The molecule has 0 N–H and O–H groups in total. The second-order valence-electron chi connectivity index (χ2n) is 13.8. The summed E-state index contributed by atoms with van der Waals surface area (Å²) in [7, 11) is 0. The number of carbonyl (C=O) groups excluding carboxylic acids is 2. The van der Waals surface area contributed by atoms with E-state index < -0.39 is 16.4 Å². The summed E-state index contributed by atoms with van der Waals surface area (Å²) < 4.78 is 12.6. The van der Waals surface area contributed by atoms with Gasteiger partial charge in [-0.2, -0.15) is 5.26 Å². The SMILES string of the molecule is CCC1(OC(=O)C(C)(C)CCCC(C)(CC)C(=O)OC2(CC#N)CC3CCCC(C3)CC2C)CCCC1. The molecule has 0 saturated heterocycles. The highest BCUT2D eigenvalue weighted by molar-refractivity contribution is 5.77. The quantitative estimate of drug-likeness (QED) is 0.259. The molecule has 0 spiro atoms. The monoisotopic (exact) mass is 515 g/mol. The van der Waals surface area contributed by atoms with E-state index in [4.69, 9.17) is 9.47 Å². The lowest BCUT2D eigenvalue weighted by Crippen LogP contribution is -2.45. The van der Waals surface area contributed by atoms with Gasteiger partial charge >= 0.3 is 11.9 Å². The summed E-state index contributed by atoms with van der Waals surface area (Å²) in [5.74, 6) is 1.17. The molecule has 3 fully saturated rings. The van der Waals surface area contributed by atoms with Crippen LogP contribution in [0.1, 0.15) is 144 Å². The molecule has 3 aliphatic rings. The average Bonchev–Trinajstić information content (AvgIpc) is 3.29. The Bertz CT molecular complexity index is 838. The molecule has 0 aliphatic heterocycles. The molecule has 0 amide bonds. The zero-order chi connectivity index (χ0) is 27.3. The van der Waals surface area contributed by atoms with Gasteiger partial charge in [0.25, 0.3) is 0 Å². The predicted octanol–water partition coefficient (Wildman–Crippen LogP) is 8.30. The van der Waals surface area contributed by atoms with Crippen molar-refractivity contribution in [3.8, 4) is 6.07 Å². The fourth-order valence-corrected chi connectivity index (χ4v) is 7.40. The molecular formula is C32H53NO4. The summed E-state index contributed by atoms with van der Waals surface area (Å²) in [5, 5.41) is 9.74. The number of nitrogens with zero attached hydrogens (tertiary/aromatic N) is 1. The average molecular weight is 516 g/mol. The van der Waals surface area contributed by atoms with Gasteiger partial charge in [0.2, 0.25) is 0 Å². The van der Waals surface area contributed by atoms with E-state index in [1.54, 1.807) is 0 Å². The highest BCUT2D eigenvalue weighted by atomic mass is 16.6. The van der Waals surface area contributed by atoms with Gasteiger partial charge in [-0.15, -0.1) is 0 Å². The van der Waals surface area contributed by atoms with Gasteiger partial charge in [0, 0.05) is 0 Å². The second-order valence-corrected chi connectivity index (χ2v) is 13.8. The molecule has 5 unspecified atom stereocenters. The molecule has 0 aromatic rings. The number of carbonyl (C=O) groups is 2. The van der Waals surface area contributed by atoms with Crippen LogP contribution < -0.4 is 0 Å². The van der Waals surface area contributed by atoms with Crippen molar-refractivity contribution in [2.24, 2.45) is 28.6 Å². The molecule has 5 atom stereocenters. The molecule has 0 aromatic heterocycles. The van der Waals surface area contributed by atoms with E-state index >= 15 is 0 Å². The van der Waals surface area contributed by atoms with Crippen LogP contribution in [0.15, 0.2) is 0 Å². The minimum absolute atomic E-state index is 0.108. The number of fused-ring (bicyclic) bond motifs is 2. The smallest absolute Gasteiger partial charge is 0.312 e. The Balaban J connectivity index is 1.64. The summed E-state index contributed by atoms with van der Waals surface area (Å²) in [5.41, 5.74) is -2.16. The minimum Gasteiger partial charge on any atom is -0.459 e. The summed E-state index contributed by atoms with van der Waals surface area (Å²) in [4.78, 5) is 26.9. The number of hydrogen-bond donors (Lipinski definition) is 0. The molecule has 2 bridgehead atoms. The van der Waals surface area contributed by atoms with Crippen molar-refractivity contribution in [2.45, 2.75) is 155 Å². The Hall–Kier alpha value is -1.57. The summed E-state index contributed by atoms with van der Waals surface area (Å²) >= 11 is 0. The van der Waals surface area contributed by atoms with E-state index in [0.717, 1.165) is 51.4 Å². The zero-order valence-corrected chi connectivity index (χ0v) is 24.6. The third kappa shape index (κ3) is 6.90. The van der Waals surface area contributed by atoms with Gasteiger partial charge in [-0.1, -0.05) is 46.5 Å². The third-order valence-electron chi connectivity index (χ3n) is 10.6. The van der Waals surface area contributed by atoms with Crippen LogP contribution in [-0.4, -0.2) is 23.1 Å². The molecule has 210 valence electrons. The van der Waals surface area contributed by atoms with Crippen LogP contribution >= 0.6 is 0 Å². The highest BCUT2D eigenvalue weighted by Gasteiger charge is 2.49. The van der Waals surface area contributed by atoms with Crippen LogP contribution in [0.3, 0.4) is 0 Å². The standard InChI is InChI=1S/C32H53NO4/c1-7-30(6,16-12-15-29(4,5)27(34)36-31(8-2)17-9-10-18-31)28(35)37-32(19-20-33)23-26-14-11-13-25(22-26)21-24(32)3/h24-26H,7-19,21-23H2,1-6H3. The van der Waals surface area contributed by atoms with Crippen LogP contribution in [0.5, 0.6) is 0 Å². The predicted molar refractivity (Wildman–Crippen MR) is 147 cm³/mol. The molecule has 0 radical (unpaired) electrons. The lowest BCUT2D eigenvalue weighted by molar-refractivity contribution is -0.180. The fraction of sp³-hybridized carbons (Fsp3) is 0.906. The molecule has 37 heavy (non-hydrogen) atoms. The summed E-state index contributed by atoms with van der Waals surface area (Å²) in [6, 6.07) is 2.38. The van der Waals surface area contributed by atoms with Gasteiger partial charge in [-0.3, -0.25) is 9.59 Å². The molecule has 0 heterocycles. The molecule has 0 aromatic carbocycles. The maximum atomic E-state index is 13.8. The van der Waals surface area contributed by atoms with Gasteiger partial charge in [-0.05, 0) is 109 Å². The van der Waals surface area contributed by atoms with Gasteiger partial charge in [0.1, 0.15) is 11.2 Å². The van der Waals surface area contributed by atoms with Crippen molar-refractivity contribution in [3.63, 3.8) is 0 Å². The maximum absolute atomic E-state index is 13.8. The molecule has 3 rings (SSSR count). The van der Waals surface area contributed by atoms with Crippen LogP contribution in [0, 0.1) is 39.9 Å². The first kappa shape index (κ1) is 30.0. The largest absolute Gasteiger partial charge is 0.459 e. The van der Waals surface area contributed by atoms with Crippen molar-refractivity contribution in [1.82, 2.24) is 0 Å². The minimum atomic E-state index is -0.676. The Kier molecular flexibility index (Phi) is 9.79. The lowest BCUT2D eigenvalue weighted by Gasteiger charge is -2.40. The van der Waals surface area contributed by atoms with E-state index in [9.17, 15) is 14.9 Å². The van der Waals surface area contributed by atoms with E-state index in [-0.39, 0.29) is 29.9 Å². The number of rotatable bonds is 11. The zero-order valence-electron chi connectivity index (χ0n) is 24.6. The topological polar surface area (TPSA) is 76.4 Å². The lowest BCUT2D eigenvalue weighted by atomic mass is 9.76. The summed E-state index contributed by atoms with van der Waals surface area (Å²) in [6.07, 6.45) is 14.9. The Morgan fingerprint density at radius 1 is 0.946 bits per heavy atom. The Morgan fingerprint density at radius 3 is 2.24 bits per heavy atom. The van der Waals surface area contributed by atoms with Gasteiger partial charge < -0.3 is 9.47 Å². The van der Waals surface area contributed by atoms with Gasteiger partial charge in [0.15, 0.2) is 0 Å². The third-order valence-corrected chi connectivity index (χ3v) is 10.6. The van der Waals surface area contributed by atoms with Gasteiger partial charge in [-0.25, -0.2) is 0 Å². The summed E-state index contributed by atoms with van der Waals surface area (Å²) in [6.45, 7) is 12.3. The first-order valence-electron chi connectivity index (χ1n) is 15.3. The van der Waals surface area contributed by atoms with Crippen LogP contribution in [0.4, 0.5) is 0 Å². The molecular weight excluding hydrogens is 462 g/mol. The van der Waals surface area contributed by atoms with Crippen molar-refractivity contribution >= 4 is 11.9 Å². The maximum Gasteiger partial charge on any atom is 0.312 e. The van der Waals surface area contributed by atoms with Crippen LogP contribution in [0.2, 0.25) is 0 Å². The van der Waals surface area contributed by atoms with E-state index in [0.29, 0.717) is 31.1 Å². The number of nitriles is 1. The second kappa shape index (κ2) is 12.1. The van der Waals surface area contributed by atoms with E-state index in [2.05, 4.69) is 19.9 Å². The van der Waals surface area contributed by atoms with Crippen LogP contribution in [-0.2, 0) is 19.1 Å². The normalized spacial score (nSPS) is 31.0. The molecule has 3 aliphatic carbocycles. The van der Waals surface area contributed by atoms with E-state index in [1.807, 2.05) is 27.7 Å². The van der Waals surface area contributed by atoms with E-state index in [1.165, 1.54) is 25.7 Å². The highest BCUT2D eigenvalue weighted by Crippen LogP contribution is 2.49. The Morgan fingerprint density at radius 2 is 1.62 bits per heavy atom. The fourth-order valence-electron chi connectivity index (χ4n) is 7.40. The molecule has 5 nitrogen and oxygen atoms in total. The van der Waals surface area contributed by atoms with Crippen LogP contribution in [0.25, 0.3) is 0 Å². The van der Waals surface area contributed by atoms with Crippen molar-refractivity contribution in [2.75, 3.05) is 0 Å². The van der Waals surface area contributed by atoms with Crippen molar-refractivity contribution in [3.05, 3.63) is 0 Å². The van der Waals surface area contributed by atoms with Crippen molar-refractivity contribution < 1.29 is 19.1 Å². The first-order chi connectivity index (χ1) is 17.4. The Labute approximate surface area is 226 Å². The molecule has 3 saturated carbocycles. The first-order valence-corrected chi connectivity index (χ1v) is 15.3. The number of esters is 2.